The molecule has 23 heavy (non-hydrogen) atoms. The molecular weight excluding hydrogens is 339 g/mol. The van der Waals surface area contributed by atoms with E-state index in [9.17, 15) is 14.0 Å². The minimum atomic E-state index is -0.379. The van der Waals surface area contributed by atoms with E-state index in [1.54, 1.807) is 12.1 Å². The van der Waals surface area contributed by atoms with Gasteiger partial charge in [0, 0.05) is 15.6 Å². The number of hydrogen-bond acceptors (Lipinski definition) is 3. The van der Waals surface area contributed by atoms with Gasteiger partial charge in [-0.1, -0.05) is 11.6 Å². The van der Waals surface area contributed by atoms with Gasteiger partial charge in [0.05, 0.1) is 12.3 Å². The fraction of sp³-hybridized carbons (Fsp3) is 0.125. The Labute approximate surface area is 142 Å². The fourth-order valence-corrected chi connectivity index (χ4v) is 2.50. The molecule has 7 heteroatoms. The van der Waals surface area contributed by atoms with Crippen LogP contribution in [-0.4, -0.2) is 24.1 Å². The standard InChI is InChI=1S/C16H14ClFN2O2S/c17-11-1-7-14(8-2-11)23-10-16(22)19-9-15(21)20-13-5-3-12(18)4-6-13/h1-8H,9-10H2,(H,19,22)(H,20,21). The van der Waals surface area contributed by atoms with Crippen LogP contribution in [0.3, 0.4) is 0 Å². The Morgan fingerprint density at radius 3 is 2.30 bits per heavy atom. The Morgan fingerprint density at radius 1 is 1.00 bits per heavy atom. The van der Waals surface area contributed by atoms with E-state index >= 15 is 0 Å². The van der Waals surface area contributed by atoms with E-state index in [4.69, 9.17) is 11.6 Å². The highest BCUT2D eigenvalue weighted by atomic mass is 35.5. The first-order valence-corrected chi connectivity index (χ1v) is 8.10. The number of halogens is 2. The third kappa shape index (κ3) is 6.30. The minimum Gasteiger partial charge on any atom is -0.346 e. The van der Waals surface area contributed by atoms with E-state index in [-0.39, 0.29) is 29.9 Å². The zero-order chi connectivity index (χ0) is 16.7. The second-order valence-corrected chi connectivity index (χ2v) is 6.06. The molecule has 2 rings (SSSR count). The summed E-state index contributed by atoms with van der Waals surface area (Å²) in [7, 11) is 0. The molecule has 2 aromatic rings. The summed E-state index contributed by atoms with van der Waals surface area (Å²) >= 11 is 7.13. The molecule has 0 bridgehead atoms. The molecule has 4 nitrogen and oxygen atoms in total. The Morgan fingerprint density at radius 2 is 1.65 bits per heavy atom. The number of nitrogens with one attached hydrogen (secondary N) is 2. The number of carbonyl (C=O) groups is 2. The molecule has 0 fully saturated rings. The quantitative estimate of drug-likeness (QED) is 0.784. The van der Waals surface area contributed by atoms with E-state index in [2.05, 4.69) is 10.6 Å². The molecule has 120 valence electrons. The lowest BCUT2D eigenvalue weighted by molar-refractivity contribution is -0.122. The van der Waals surface area contributed by atoms with Crippen LogP contribution in [-0.2, 0) is 9.59 Å². The summed E-state index contributed by atoms with van der Waals surface area (Å²) in [4.78, 5) is 24.3. The Bertz CT molecular complexity index is 677. The number of thioether (sulfide) groups is 1. The van der Waals surface area contributed by atoms with Gasteiger partial charge in [0.2, 0.25) is 11.8 Å². The van der Waals surface area contributed by atoms with Crippen molar-refractivity contribution in [3.8, 4) is 0 Å². The summed E-state index contributed by atoms with van der Waals surface area (Å²) < 4.78 is 12.7. The average Bonchev–Trinajstić information content (AvgIpc) is 2.54. The van der Waals surface area contributed by atoms with Crippen LogP contribution in [0.5, 0.6) is 0 Å². The molecule has 0 atom stereocenters. The molecule has 2 amide bonds. The van der Waals surface area contributed by atoms with Crippen molar-refractivity contribution in [2.45, 2.75) is 4.90 Å². The van der Waals surface area contributed by atoms with Crippen LogP contribution in [0.4, 0.5) is 10.1 Å². The molecule has 0 heterocycles. The van der Waals surface area contributed by atoms with Crippen molar-refractivity contribution in [3.63, 3.8) is 0 Å². The highest BCUT2D eigenvalue weighted by Crippen LogP contribution is 2.19. The second-order valence-electron chi connectivity index (χ2n) is 4.57. The van der Waals surface area contributed by atoms with Crippen molar-refractivity contribution in [2.24, 2.45) is 0 Å². The molecule has 0 radical (unpaired) electrons. The lowest BCUT2D eigenvalue weighted by atomic mass is 10.3. The maximum atomic E-state index is 12.7. The number of carbonyl (C=O) groups excluding carboxylic acids is 2. The molecule has 0 aromatic heterocycles. The Balaban J connectivity index is 1.70. The summed E-state index contributed by atoms with van der Waals surface area (Å²) in [6.45, 7) is -0.141. The van der Waals surface area contributed by atoms with Gasteiger partial charge in [-0.3, -0.25) is 9.59 Å². The summed E-state index contributed by atoms with van der Waals surface area (Å²) in [5.74, 6) is -0.804. The normalized spacial score (nSPS) is 10.2. The van der Waals surface area contributed by atoms with Gasteiger partial charge < -0.3 is 10.6 Å². The van der Waals surface area contributed by atoms with Crippen molar-refractivity contribution in [3.05, 3.63) is 59.4 Å². The maximum Gasteiger partial charge on any atom is 0.243 e. The lowest BCUT2D eigenvalue weighted by Gasteiger charge is -2.07. The predicted octanol–water partition coefficient (Wildman–Crippen LogP) is 3.33. The Kier molecular flexibility index (Phi) is 6.43. The van der Waals surface area contributed by atoms with Gasteiger partial charge in [0.1, 0.15) is 5.82 Å². The summed E-state index contributed by atoms with van der Waals surface area (Å²) in [6, 6.07) is 12.5. The fourth-order valence-electron chi connectivity index (χ4n) is 1.65. The van der Waals surface area contributed by atoms with Crippen LogP contribution in [0.1, 0.15) is 0 Å². The van der Waals surface area contributed by atoms with Crippen LogP contribution in [0.25, 0.3) is 0 Å². The first-order valence-electron chi connectivity index (χ1n) is 6.73. The lowest BCUT2D eigenvalue weighted by Crippen LogP contribution is -2.33. The Hall–Kier alpha value is -2.05. The SMILES string of the molecule is O=C(CSc1ccc(Cl)cc1)NCC(=O)Nc1ccc(F)cc1. The topological polar surface area (TPSA) is 58.2 Å². The van der Waals surface area contributed by atoms with Crippen molar-refractivity contribution >= 4 is 40.9 Å². The van der Waals surface area contributed by atoms with Gasteiger partial charge in [0.15, 0.2) is 0 Å². The van der Waals surface area contributed by atoms with Crippen LogP contribution in [0.15, 0.2) is 53.4 Å². The van der Waals surface area contributed by atoms with Crippen molar-refractivity contribution in [1.82, 2.24) is 5.32 Å². The first-order chi connectivity index (χ1) is 11.0. The second kappa shape index (κ2) is 8.55. The molecule has 2 aromatic carbocycles. The highest BCUT2D eigenvalue weighted by Gasteiger charge is 2.07. The number of rotatable bonds is 6. The number of amides is 2. The van der Waals surface area contributed by atoms with E-state index in [1.165, 1.54) is 36.0 Å². The van der Waals surface area contributed by atoms with Gasteiger partial charge in [0.25, 0.3) is 0 Å². The van der Waals surface area contributed by atoms with Gasteiger partial charge in [-0.05, 0) is 48.5 Å². The highest BCUT2D eigenvalue weighted by molar-refractivity contribution is 8.00. The molecule has 0 aliphatic rings. The van der Waals surface area contributed by atoms with Crippen molar-refractivity contribution in [2.75, 3.05) is 17.6 Å². The van der Waals surface area contributed by atoms with Gasteiger partial charge >= 0.3 is 0 Å². The molecule has 0 aliphatic heterocycles. The van der Waals surface area contributed by atoms with Crippen LogP contribution in [0, 0.1) is 5.82 Å². The average molecular weight is 353 g/mol. The van der Waals surface area contributed by atoms with E-state index in [0.717, 1.165) is 4.90 Å². The molecule has 0 unspecified atom stereocenters. The van der Waals surface area contributed by atoms with Crippen molar-refractivity contribution in [1.29, 1.82) is 0 Å². The largest absolute Gasteiger partial charge is 0.346 e. The predicted molar refractivity (Wildman–Crippen MR) is 90.2 cm³/mol. The minimum absolute atomic E-state index is 0.141. The number of hydrogen-bond donors (Lipinski definition) is 2. The van der Waals surface area contributed by atoms with Gasteiger partial charge in [-0.25, -0.2) is 4.39 Å². The molecule has 0 saturated heterocycles. The zero-order valence-electron chi connectivity index (χ0n) is 12.0. The van der Waals surface area contributed by atoms with E-state index < -0.39 is 0 Å². The monoisotopic (exact) mass is 352 g/mol. The third-order valence-electron chi connectivity index (χ3n) is 2.76. The zero-order valence-corrected chi connectivity index (χ0v) is 13.6. The molecule has 0 saturated carbocycles. The summed E-state index contributed by atoms with van der Waals surface area (Å²) in [5, 5.41) is 5.72. The van der Waals surface area contributed by atoms with Crippen molar-refractivity contribution < 1.29 is 14.0 Å². The van der Waals surface area contributed by atoms with Gasteiger partial charge in [-0.2, -0.15) is 0 Å². The number of benzene rings is 2. The smallest absolute Gasteiger partial charge is 0.243 e. The third-order valence-corrected chi connectivity index (χ3v) is 4.02. The van der Waals surface area contributed by atoms with Crippen LogP contribution < -0.4 is 10.6 Å². The first kappa shape index (κ1) is 17.3. The summed E-state index contributed by atoms with van der Waals surface area (Å²) in [6.07, 6.45) is 0. The molecule has 2 N–H and O–H groups in total. The number of anilines is 1. The summed E-state index contributed by atoms with van der Waals surface area (Å²) in [5.41, 5.74) is 0.473. The molecule has 0 spiro atoms. The maximum absolute atomic E-state index is 12.7. The van der Waals surface area contributed by atoms with Gasteiger partial charge in [-0.15, -0.1) is 11.8 Å². The van der Waals surface area contributed by atoms with Crippen LogP contribution >= 0.6 is 23.4 Å². The van der Waals surface area contributed by atoms with E-state index in [1.807, 2.05) is 12.1 Å². The molecule has 0 aliphatic carbocycles. The van der Waals surface area contributed by atoms with E-state index in [0.29, 0.717) is 10.7 Å². The molecular formula is C16H14ClFN2O2S. The van der Waals surface area contributed by atoms with Crippen LogP contribution in [0.2, 0.25) is 5.02 Å².